The van der Waals surface area contributed by atoms with Gasteiger partial charge in [0.25, 0.3) is 0 Å². The Morgan fingerprint density at radius 3 is 2.29 bits per heavy atom. The summed E-state index contributed by atoms with van der Waals surface area (Å²) < 4.78 is 5.20. The number of hydrogen-bond acceptors (Lipinski definition) is 3. The minimum Gasteiger partial charge on any atom is -0.385 e. The highest BCUT2D eigenvalue weighted by Crippen LogP contribution is 2.24. The number of methoxy groups -OCH3 is 1. The van der Waals surface area contributed by atoms with Crippen molar-refractivity contribution in [3.05, 3.63) is 0 Å². The van der Waals surface area contributed by atoms with Crippen LogP contribution in [0.3, 0.4) is 0 Å². The normalized spacial score (nSPS) is 16.2. The maximum absolute atomic E-state index is 5.20. The Morgan fingerprint density at radius 1 is 1.29 bits per heavy atom. The summed E-state index contributed by atoms with van der Waals surface area (Å²) in [6.45, 7) is 11.1. The van der Waals surface area contributed by atoms with Gasteiger partial charge in [-0.3, -0.25) is 0 Å². The van der Waals surface area contributed by atoms with Crippen LogP contribution in [0.1, 0.15) is 40.5 Å². The Balaban J connectivity index is 4.61. The highest BCUT2D eigenvalue weighted by atomic mass is 16.5. The summed E-state index contributed by atoms with van der Waals surface area (Å²) in [5, 5.41) is 3.70. The fourth-order valence-electron chi connectivity index (χ4n) is 2.20. The molecule has 0 aromatic rings. The van der Waals surface area contributed by atoms with Crippen molar-refractivity contribution in [2.45, 2.75) is 52.1 Å². The lowest BCUT2D eigenvalue weighted by molar-refractivity contribution is 0.0894. The minimum absolute atomic E-state index is 0.155. The predicted molar refractivity (Wildman–Crippen MR) is 75.5 cm³/mol. The number of ether oxygens (including phenoxy) is 1. The summed E-state index contributed by atoms with van der Waals surface area (Å²) in [4.78, 5) is 2.31. The lowest BCUT2D eigenvalue weighted by Crippen LogP contribution is -2.58. The predicted octanol–water partition coefficient (Wildman–Crippen LogP) is 2.37. The zero-order valence-electron chi connectivity index (χ0n) is 12.8. The van der Waals surface area contributed by atoms with Crippen LogP contribution in [0.5, 0.6) is 0 Å². The molecule has 0 amide bonds. The van der Waals surface area contributed by atoms with E-state index in [2.05, 4.69) is 52.0 Å². The molecule has 0 spiro atoms. The van der Waals surface area contributed by atoms with Crippen LogP contribution in [0.25, 0.3) is 0 Å². The highest BCUT2D eigenvalue weighted by molar-refractivity contribution is 4.94. The number of hydrogen-bond donors (Lipinski definition) is 1. The quantitative estimate of drug-likeness (QED) is 0.674. The first-order chi connectivity index (χ1) is 7.87. The molecular weight excluding hydrogens is 212 g/mol. The van der Waals surface area contributed by atoms with Gasteiger partial charge in [0.1, 0.15) is 0 Å². The number of likely N-dealkylation sites (N-methyl/N-ethyl adjacent to an activating group) is 1. The fourth-order valence-corrected chi connectivity index (χ4v) is 2.20. The molecule has 1 N–H and O–H groups in total. The number of nitrogens with zero attached hydrogens (tertiary/aromatic N) is 1. The van der Waals surface area contributed by atoms with E-state index in [1.54, 1.807) is 7.11 Å². The van der Waals surface area contributed by atoms with Crippen molar-refractivity contribution in [1.29, 1.82) is 0 Å². The number of rotatable bonds is 9. The van der Waals surface area contributed by atoms with Crippen LogP contribution in [0.4, 0.5) is 0 Å². The molecule has 0 radical (unpaired) electrons. The average molecular weight is 244 g/mol. The van der Waals surface area contributed by atoms with Gasteiger partial charge < -0.3 is 15.0 Å². The van der Waals surface area contributed by atoms with Gasteiger partial charge in [-0.25, -0.2) is 0 Å². The molecule has 0 aliphatic carbocycles. The van der Waals surface area contributed by atoms with Crippen LogP contribution in [0.2, 0.25) is 0 Å². The van der Waals surface area contributed by atoms with E-state index in [-0.39, 0.29) is 5.54 Å². The molecule has 0 aromatic carbocycles. The first kappa shape index (κ1) is 16.9. The Labute approximate surface area is 108 Å². The first-order valence-electron chi connectivity index (χ1n) is 6.77. The van der Waals surface area contributed by atoms with Gasteiger partial charge in [-0.2, -0.15) is 0 Å². The third kappa shape index (κ3) is 5.36. The molecule has 2 unspecified atom stereocenters. The van der Waals surface area contributed by atoms with Crippen LogP contribution in [0.15, 0.2) is 0 Å². The van der Waals surface area contributed by atoms with Crippen molar-refractivity contribution in [3.63, 3.8) is 0 Å². The topological polar surface area (TPSA) is 24.5 Å². The second kappa shape index (κ2) is 8.06. The summed E-state index contributed by atoms with van der Waals surface area (Å²) in [5.74, 6) is 0.610. The lowest BCUT2D eigenvalue weighted by atomic mass is 9.82. The van der Waals surface area contributed by atoms with Crippen molar-refractivity contribution < 1.29 is 4.74 Å². The van der Waals surface area contributed by atoms with E-state index in [4.69, 9.17) is 4.74 Å². The molecule has 17 heavy (non-hydrogen) atoms. The van der Waals surface area contributed by atoms with Gasteiger partial charge in [0.2, 0.25) is 0 Å². The molecule has 0 saturated heterocycles. The van der Waals surface area contributed by atoms with Crippen LogP contribution < -0.4 is 5.32 Å². The van der Waals surface area contributed by atoms with Crippen LogP contribution in [-0.2, 0) is 4.74 Å². The van der Waals surface area contributed by atoms with E-state index in [1.807, 2.05) is 0 Å². The third-order valence-electron chi connectivity index (χ3n) is 3.87. The van der Waals surface area contributed by atoms with E-state index >= 15 is 0 Å². The van der Waals surface area contributed by atoms with Crippen LogP contribution >= 0.6 is 0 Å². The Morgan fingerprint density at radius 2 is 1.88 bits per heavy atom. The third-order valence-corrected chi connectivity index (χ3v) is 3.87. The van der Waals surface area contributed by atoms with Crippen molar-refractivity contribution in [1.82, 2.24) is 10.2 Å². The van der Waals surface area contributed by atoms with Crippen molar-refractivity contribution >= 4 is 0 Å². The molecule has 0 fully saturated rings. The van der Waals surface area contributed by atoms with Crippen molar-refractivity contribution in [2.75, 3.05) is 34.4 Å². The maximum Gasteiger partial charge on any atom is 0.0465 e. The van der Waals surface area contributed by atoms with Gasteiger partial charge in [0.15, 0.2) is 0 Å². The molecule has 3 nitrogen and oxygen atoms in total. The number of nitrogens with one attached hydrogen (secondary N) is 1. The largest absolute Gasteiger partial charge is 0.385 e. The Bertz CT molecular complexity index is 193. The van der Waals surface area contributed by atoms with Gasteiger partial charge in [0, 0.05) is 25.3 Å². The summed E-state index contributed by atoms with van der Waals surface area (Å²) in [6.07, 6.45) is 2.28. The molecule has 0 bridgehead atoms. The fraction of sp³-hybridized carbons (Fsp3) is 1.00. The second-order valence-electron chi connectivity index (χ2n) is 5.74. The first-order valence-corrected chi connectivity index (χ1v) is 6.77. The molecule has 0 saturated carbocycles. The zero-order valence-corrected chi connectivity index (χ0v) is 12.8. The standard InChI is InChI=1S/C14H32N2O/c1-8-10-15-13(12(2)9-11-17-7)14(3,4)16(5)6/h12-13,15H,8-11H2,1-7H3. The van der Waals surface area contributed by atoms with Gasteiger partial charge in [0.05, 0.1) is 0 Å². The Hall–Kier alpha value is -0.120. The molecule has 2 atom stereocenters. The lowest BCUT2D eigenvalue weighted by Gasteiger charge is -2.44. The van der Waals surface area contributed by atoms with Gasteiger partial charge in [-0.15, -0.1) is 0 Å². The second-order valence-corrected chi connectivity index (χ2v) is 5.74. The van der Waals surface area contributed by atoms with Crippen molar-refractivity contribution in [3.8, 4) is 0 Å². The van der Waals surface area contributed by atoms with E-state index < -0.39 is 0 Å². The molecule has 104 valence electrons. The zero-order chi connectivity index (χ0) is 13.5. The van der Waals surface area contributed by atoms with Crippen LogP contribution in [0, 0.1) is 5.92 Å². The average Bonchev–Trinajstić information content (AvgIpc) is 2.26. The summed E-state index contributed by atoms with van der Waals surface area (Å²) in [7, 11) is 6.09. The molecule has 0 rings (SSSR count). The van der Waals surface area contributed by atoms with Gasteiger partial charge in [-0.05, 0) is 53.2 Å². The molecule has 0 aliphatic heterocycles. The van der Waals surface area contributed by atoms with Crippen molar-refractivity contribution in [2.24, 2.45) is 5.92 Å². The molecule has 0 aromatic heterocycles. The SMILES string of the molecule is CCCNC(C(C)CCOC)C(C)(C)N(C)C. The highest BCUT2D eigenvalue weighted by Gasteiger charge is 2.34. The molecular formula is C14H32N2O. The van der Waals surface area contributed by atoms with Crippen LogP contribution in [-0.4, -0.2) is 50.8 Å². The Kier molecular flexibility index (Phi) is 8.01. The molecule has 0 heterocycles. The minimum atomic E-state index is 0.155. The summed E-state index contributed by atoms with van der Waals surface area (Å²) in [5.41, 5.74) is 0.155. The maximum atomic E-state index is 5.20. The smallest absolute Gasteiger partial charge is 0.0465 e. The monoisotopic (exact) mass is 244 g/mol. The summed E-state index contributed by atoms with van der Waals surface area (Å²) in [6, 6.07) is 0.493. The van der Waals surface area contributed by atoms with E-state index in [1.165, 1.54) is 6.42 Å². The van der Waals surface area contributed by atoms with E-state index in [0.717, 1.165) is 19.6 Å². The van der Waals surface area contributed by atoms with Gasteiger partial charge in [-0.1, -0.05) is 13.8 Å². The van der Waals surface area contributed by atoms with E-state index in [9.17, 15) is 0 Å². The van der Waals surface area contributed by atoms with E-state index in [0.29, 0.717) is 12.0 Å². The van der Waals surface area contributed by atoms with Gasteiger partial charge >= 0.3 is 0 Å². The molecule has 3 heteroatoms. The molecule has 0 aliphatic rings. The summed E-state index contributed by atoms with van der Waals surface area (Å²) >= 11 is 0.